The molecular formula is C13H23BrN2O3Si. The van der Waals surface area contributed by atoms with Crippen LogP contribution in [0.2, 0.25) is 25.7 Å². The molecule has 0 fully saturated rings. The minimum Gasteiger partial charge on any atom is -0.461 e. The van der Waals surface area contributed by atoms with Gasteiger partial charge in [-0.1, -0.05) is 19.6 Å². The normalized spacial score (nSPS) is 11.7. The predicted molar refractivity (Wildman–Crippen MR) is 84.7 cm³/mol. The molecule has 7 heteroatoms. The molecule has 0 bridgehead atoms. The van der Waals surface area contributed by atoms with Crippen molar-refractivity contribution in [3.63, 3.8) is 0 Å². The van der Waals surface area contributed by atoms with Crippen LogP contribution in [0.15, 0.2) is 4.73 Å². The molecule has 0 aliphatic carbocycles. The summed E-state index contributed by atoms with van der Waals surface area (Å²) in [5.41, 5.74) is 1.09. The molecule has 1 aromatic rings. The van der Waals surface area contributed by atoms with Crippen molar-refractivity contribution >= 4 is 30.0 Å². The van der Waals surface area contributed by atoms with E-state index in [0.717, 1.165) is 6.04 Å². The fourth-order valence-electron chi connectivity index (χ4n) is 1.65. The van der Waals surface area contributed by atoms with Crippen LogP contribution in [-0.4, -0.2) is 36.8 Å². The summed E-state index contributed by atoms with van der Waals surface area (Å²) in [7, 11) is -1.11. The van der Waals surface area contributed by atoms with E-state index in [2.05, 4.69) is 40.6 Å². The van der Waals surface area contributed by atoms with Crippen LogP contribution >= 0.6 is 15.9 Å². The second-order valence-electron chi connectivity index (χ2n) is 5.81. The van der Waals surface area contributed by atoms with Crippen molar-refractivity contribution in [3.05, 3.63) is 16.1 Å². The summed E-state index contributed by atoms with van der Waals surface area (Å²) < 4.78 is 13.0. The number of aryl methyl sites for hydroxylation is 1. The molecule has 114 valence electrons. The van der Waals surface area contributed by atoms with E-state index < -0.39 is 8.07 Å². The molecule has 1 aromatic heterocycles. The highest BCUT2D eigenvalue weighted by Gasteiger charge is 2.21. The molecule has 1 heterocycles. The Balaban J connectivity index is 2.72. The van der Waals surface area contributed by atoms with Gasteiger partial charge in [-0.2, -0.15) is 0 Å². The zero-order valence-corrected chi connectivity index (χ0v) is 15.4. The molecule has 0 saturated heterocycles. The third-order valence-electron chi connectivity index (χ3n) is 2.78. The van der Waals surface area contributed by atoms with Gasteiger partial charge in [0.1, 0.15) is 6.73 Å². The molecule has 0 atom stereocenters. The minimum absolute atomic E-state index is 0.306. The van der Waals surface area contributed by atoms with Crippen LogP contribution in [0.4, 0.5) is 0 Å². The molecule has 0 aliphatic rings. The molecule has 0 saturated carbocycles. The van der Waals surface area contributed by atoms with Crippen LogP contribution < -0.4 is 0 Å². The Bertz CT molecular complexity index is 469. The van der Waals surface area contributed by atoms with Crippen molar-refractivity contribution in [2.24, 2.45) is 0 Å². The summed E-state index contributed by atoms with van der Waals surface area (Å²) >= 11 is 3.35. The van der Waals surface area contributed by atoms with Crippen molar-refractivity contribution in [2.75, 3.05) is 13.2 Å². The highest BCUT2D eigenvalue weighted by atomic mass is 79.9. The van der Waals surface area contributed by atoms with Gasteiger partial charge < -0.3 is 9.47 Å². The van der Waals surface area contributed by atoms with E-state index in [-0.39, 0.29) is 5.97 Å². The number of carbonyl (C=O) groups excluding carboxylic acids is 1. The maximum Gasteiger partial charge on any atom is 0.356 e. The number of hydrogen-bond donors (Lipinski definition) is 0. The van der Waals surface area contributed by atoms with Gasteiger partial charge in [-0.25, -0.2) is 9.78 Å². The van der Waals surface area contributed by atoms with Gasteiger partial charge >= 0.3 is 5.97 Å². The molecule has 0 aromatic carbocycles. The fraction of sp³-hybridized carbons (Fsp3) is 0.692. The first kappa shape index (κ1) is 17.4. The Hall–Kier alpha value is -0.663. The number of nitrogens with zero attached hydrogens (tertiary/aromatic N) is 2. The van der Waals surface area contributed by atoms with Crippen LogP contribution in [0.1, 0.15) is 23.1 Å². The summed E-state index contributed by atoms with van der Waals surface area (Å²) in [5, 5.41) is 0. The first-order valence-corrected chi connectivity index (χ1v) is 11.2. The van der Waals surface area contributed by atoms with E-state index in [0.29, 0.717) is 36.1 Å². The molecule has 0 spiro atoms. The second kappa shape index (κ2) is 7.38. The second-order valence-corrected chi connectivity index (χ2v) is 12.1. The number of rotatable bonds is 7. The fourth-order valence-corrected chi connectivity index (χ4v) is 2.95. The van der Waals surface area contributed by atoms with Crippen LogP contribution in [-0.2, 0) is 16.2 Å². The molecule has 0 radical (unpaired) electrons. The lowest BCUT2D eigenvalue weighted by Gasteiger charge is -2.16. The topological polar surface area (TPSA) is 53.3 Å². The lowest BCUT2D eigenvalue weighted by atomic mass is 10.3. The smallest absolute Gasteiger partial charge is 0.356 e. The van der Waals surface area contributed by atoms with Crippen molar-refractivity contribution < 1.29 is 14.3 Å². The third kappa shape index (κ3) is 5.03. The van der Waals surface area contributed by atoms with Gasteiger partial charge in [-0.05, 0) is 35.8 Å². The largest absolute Gasteiger partial charge is 0.461 e. The summed E-state index contributed by atoms with van der Waals surface area (Å²) in [6, 6.07) is 1.09. The Morgan fingerprint density at radius 2 is 2.05 bits per heavy atom. The molecular weight excluding hydrogens is 340 g/mol. The molecule has 20 heavy (non-hydrogen) atoms. The van der Waals surface area contributed by atoms with Gasteiger partial charge in [0.2, 0.25) is 0 Å². The molecule has 0 N–H and O–H groups in total. The Morgan fingerprint density at radius 1 is 1.40 bits per heavy atom. The number of hydrogen-bond acceptors (Lipinski definition) is 4. The summed E-state index contributed by atoms with van der Waals surface area (Å²) in [6.07, 6.45) is 0. The van der Waals surface area contributed by atoms with E-state index in [9.17, 15) is 4.79 Å². The van der Waals surface area contributed by atoms with E-state index in [4.69, 9.17) is 9.47 Å². The molecule has 0 amide bonds. The molecule has 5 nitrogen and oxygen atoms in total. The minimum atomic E-state index is -1.11. The molecule has 1 rings (SSSR count). The van der Waals surface area contributed by atoms with Crippen molar-refractivity contribution in [2.45, 2.75) is 46.3 Å². The van der Waals surface area contributed by atoms with E-state index >= 15 is 0 Å². The average Bonchev–Trinajstić information content (AvgIpc) is 2.58. The van der Waals surface area contributed by atoms with Gasteiger partial charge in [-0.3, -0.25) is 4.57 Å². The van der Waals surface area contributed by atoms with Crippen LogP contribution in [0, 0.1) is 6.92 Å². The van der Waals surface area contributed by atoms with Gasteiger partial charge in [0.25, 0.3) is 0 Å². The first-order valence-electron chi connectivity index (χ1n) is 6.73. The SMILES string of the molecule is CCOC(=O)c1c(C)nc(Br)n1COCC[Si](C)(C)C. The number of carbonyl (C=O) groups is 1. The van der Waals surface area contributed by atoms with Gasteiger partial charge in [0.05, 0.1) is 12.3 Å². The molecule has 0 aliphatic heterocycles. The van der Waals surface area contributed by atoms with Crippen LogP contribution in [0.5, 0.6) is 0 Å². The predicted octanol–water partition coefficient (Wildman–Crippen LogP) is 3.44. The van der Waals surface area contributed by atoms with Crippen molar-refractivity contribution in [3.8, 4) is 0 Å². The van der Waals surface area contributed by atoms with E-state index in [1.807, 2.05) is 0 Å². The summed E-state index contributed by atoms with van der Waals surface area (Å²) in [6.45, 7) is 11.8. The van der Waals surface area contributed by atoms with Gasteiger partial charge in [0, 0.05) is 14.7 Å². The van der Waals surface area contributed by atoms with E-state index in [1.54, 1.807) is 18.4 Å². The maximum absolute atomic E-state index is 11.9. The third-order valence-corrected chi connectivity index (χ3v) is 5.09. The standard InChI is InChI=1S/C13H23BrN2O3Si/c1-6-19-12(17)11-10(2)15-13(14)16(11)9-18-7-8-20(3,4)5/h6-9H2,1-5H3. The summed E-state index contributed by atoms with van der Waals surface area (Å²) in [5.74, 6) is -0.364. The van der Waals surface area contributed by atoms with Crippen molar-refractivity contribution in [1.29, 1.82) is 0 Å². The number of halogens is 1. The number of esters is 1. The Morgan fingerprint density at radius 3 is 2.60 bits per heavy atom. The van der Waals surface area contributed by atoms with Crippen LogP contribution in [0.3, 0.4) is 0 Å². The number of ether oxygens (including phenoxy) is 2. The number of imidazole rings is 1. The van der Waals surface area contributed by atoms with Gasteiger partial charge in [0.15, 0.2) is 10.4 Å². The van der Waals surface area contributed by atoms with Crippen LogP contribution in [0.25, 0.3) is 0 Å². The Kier molecular flexibility index (Phi) is 6.41. The zero-order chi connectivity index (χ0) is 15.3. The lowest BCUT2D eigenvalue weighted by molar-refractivity contribution is 0.0469. The average molecular weight is 363 g/mol. The highest BCUT2D eigenvalue weighted by Crippen LogP contribution is 2.18. The maximum atomic E-state index is 11.9. The summed E-state index contributed by atoms with van der Waals surface area (Å²) in [4.78, 5) is 16.2. The quantitative estimate of drug-likeness (QED) is 0.423. The van der Waals surface area contributed by atoms with E-state index in [1.165, 1.54) is 0 Å². The van der Waals surface area contributed by atoms with Crippen molar-refractivity contribution in [1.82, 2.24) is 9.55 Å². The van der Waals surface area contributed by atoms with Gasteiger partial charge in [-0.15, -0.1) is 0 Å². The lowest BCUT2D eigenvalue weighted by Crippen LogP contribution is -2.22. The zero-order valence-electron chi connectivity index (χ0n) is 12.8. The first-order chi connectivity index (χ1) is 9.26. The number of aromatic nitrogens is 2. The molecule has 0 unspecified atom stereocenters. The monoisotopic (exact) mass is 362 g/mol. The highest BCUT2D eigenvalue weighted by molar-refractivity contribution is 9.10. The Labute approximate surface area is 129 Å².